The van der Waals surface area contributed by atoms with Crippen molar-refractivity contribution in [3.63, 3.8) is 0 Å². The quantitative estimate of drug-likeness (QED) is 0.861. The van der Waals surface area contributed by atoms with Crippen LogP contribution in [0, 0.1) is 0 Å². The SMILES string of the molecule is N[C@@H]1CCN2CN(c3ccc(C4(CN5CCOCC5)CCC4)cc3)C(=O)[C@H]12. The number of hydrogen-bond donors (Lipinski definition) is 1. The van der Waals surface area contributed by atoms with Crippen molar-refractivity contribution in [2.75, 3.05) is 51.0 Å². The number of fused-ring (bicyclic) bond motifs is 1. The lowest BCUT2D eigenvalue weighted by atomic mass is 9.64. The molecule has 1 aromatic rings. The predicted octanol–water partition coefficient (Wildman–Crippen LogP) is 1.15. The van der Waals surface area contributed by atoms with Crippen molar-refractivity contribution in [3.8, 4) is 0 Å². The van der Waals surface area contributed by atoms with Crippen molar-refractivity contribution in [2.45, 2.75) is 43.2 Å². The molecule has 0 spiro atoms. The number of carbonyl (C=O) groups excluding carboxylic acids is 1. The van der Waals surface area contributed by atoms with Crippen LogP contribution in [0.1, 0.15) is 31.2 Å². The van der Waals surface area contributed by atoms with Gasteiger partial charge in [-0.25, -0.2) is 0 Å². The minimum atomic E-state index is -0.121. The van der Waals surface area contributed by atoms with E-state index in [1.54, 1.807) is 0 Å². The summed E-state index contributed by atoms with van der Waals surface area (Å²) in [7, 11) is 0. The fourth-order valence-electron chi connectivity index (χ4n) is 5.32. The summed E-state index contributed by atoms with van der Waals surface area (Å²) in [6.45, 7) is 6.52. The Kier molecular flexibility index (Phi) is 4.47. The molecule has 1 aliphatic carbocycles. The van der Waals surface area contributed by atoms with Crippen LogP contribution in [-0.2, 0) is 14.9 Å². The predicted molar refractivity (Wildman–Crippen MR) is 105 cm³/mol. The van der Waals surface area contributed by atoms with Crippen molar-refractivity contribution in [1.82, 2.24) is 9.80 Å². The van der Waals surface area contributed by atoms with Gasteiger partial charge in [-0.1, -0.05) is 18.6 Å². The molecule has 2 atom stereocenters. The molecular formula is C21H30N4O2. The molecular weight excluding hydrogens is 340 g/mol. The summed E-state index contributed by atoms with van der Waals surface area (Å²) in [6, 6.07) is 8.65. The highest BCUT2D eigenvalue weighted by molar-refractivity contribution is 6.00. The Morgan fingerprint density at radius 2 is 1.85 bits per heavy atom. The molecule has 3 heterocycles. The van der Waals surface area contributed by atoms with Crippen LogP contribution in [0.4, 0.5) is 5.69 Å². The van der Waals surface area contributed by atoms with Gasteiger partial charge in [-0.3, -0.25) is 19.5 Å². The molecule has 27 heavy (non-hydrogen) atoms. The van der Waals surface area contributed by atoms with E-state index in [0.29, 0.717) is 6.67 Å². The molecule has 0 aromatic heterocycles. The van der Waals surface area contributed by atoms with Crippen molar-refractivity contribution in [2.24, 2.45) is 5.73 Å². The molecule has 2 N–H and O–H groups in total. The summed E-state index contributed by atoms with van der Waals surface area (Å²) in [5.41, 5.74) is 8.86. The number of morpholine rings is 1. The lowest BCUT2D eigenvalue weighted by molar-refractivity contribution is -0.119. The number of anilines is 1. The minimum absolute atomic E-state index is 0.0199. The molecule has 4 fully saturated rings. The second kappa shape index (κ2) is 6.85. The zero-order valence-corrected chi connectivity index (χ0v) is 16.0. The van der Waals surface area contributed by atoms with Gasteiger partial charge >= 0.3 is 0 Å². The molecule has 4 aliphatic rings. The van der Waals surface area contributed by atoms with E-state index in [0.717, 1.165) is 51.5 Å². The van der Waals surface area contributed by atoms with Gasteiger partial charge in [0.15, 0.2) is 0 Å². The Morgan fingerprint density at radius 3 is 2.48 bits per heavy atom. The molecule has 3 saturated heterocycles. The van der Waals surface area contributed by atoms with E-state index >= 15 is 0 Å². The molecule has 0 radical (unpaired) electrons. The van der Waals surface area contributed by atoms with E-state index < -0.39 is 0 Å². The number of nitrogens with zero attached hydrogens (tertiary/aromatic N) is 3. The number of hydrogen-bond acceptors (Lipinski definition) is 5. The van der Waals surface area contributed by atoms with Crippen molar-refractivity contribution < 1.29 is 9.53 Å². The third kappa shape index (κ3) is 2.99. The van der Waals surface area contributed by atoms with Gasteiger partial charge in [0.2, 0.25) is 5.91 Å². The largest absolute Gasteiger partial charge is 0.379 e. The van der Waals surface area contributed by atoms with Gasteiger partial charge in [-0.05, 0) is 37.0 Å². The third-order valence-electron chi connectivity index (χ3n) is 7.12. The minimum Gasteiger partial charge on any atom is -0.379 e. The van der Waals surface area contributed by atoms with Gasteiger partial charge in [-0.15, -0.1) is 0 Å². The second-order valence-electron chi connectivity index (χ2n) is 8.69. The van der Waals surface area contributed by atoms with E-state index in [9.17, 15) is 4.79 Å². The van der Waals surface area contributed by atoms with Gasteiger partial charge in [0.05, 0.1) is 19.9 Å². The molecule has 146 valence electrons. The van der Waals surface area contributed by atoms with Crippen LogP contribution in [0.25, 0.3) is 0 Å². The summed E-state index contributed by atoms with van der Waals surface area (Å²) in [5.74, 6) is 0.166. The normalized spacial score (nSPS) is 31.1. The summed E-state index contributed by atoms with van der Waals surface area (Å²) >= 11 is 0. The van der Waals surface area contributed by atoms with E-state index in [1.165, 1.54) is 24.8 Å². The number of carbonyl (C=O) groups is 1. The van der Waals surface area contributed by atoms with Gasteiger partial charge in [0.25, 0.3) is 0 Å². The number of amides is 1. The van der Waals surface area contributed by atoms with Gasteiger partial charge in [0, 0.05) is 43.3 Å². The Balaban J connectivity index is 1.32. The summed E-state index contributed by atoms with van der Waals surface area (Å²) in [6.07, 6.45) is 4.76. The fraction of sp³-hybridized carbons (Fsp3) is 0.667. The smallest absolute Gasteiger partial charge is 0.247 e. The Labute approximate surface area is 161 Å². The van der Waals surface area contributed by atoms with Crippen LogP contribution in [-0.4, -0.2) is 73.9 Å². The number of ether oxygens (including phenoxy) is 1. The Morgan fingerprint density at radius 1 is 1.11 bits per heavy atom. The zero-order chi connectivity index (χ0) is 18.4. The standard InChI is InChI=1S/C21H30N4O2/c22-18-6-9-24-15-25(20(26)19(18)24)17-4-2-16(3-5-17)21(7-1-8-21)14-23-10-12-27-13-11-23/h2-5,18-19H,1,6-15,22H2/t18-,19+/m1/s1. The topological polar surface area (TPSA) is 62.0 Å². The average Bonchev–Trinajstić information content (AvgIpc) is 3.20. The van der Waals surface area contributed by atoms with Crippen LogP contribution >= 0.6 is 0 Å². The monoisotopic (exact) mass is 370 g/mol. The van der Waals surface area contributed by atoms with E-state index in [-0.39, 0.29) is 23.4 Å². The molecule has 3 aliphatic heterocycles. The molecule has 0 unspecified atom stereocenters. The third-order valence-corrected chi connectivity index (χ3v) is 7.12. The van der Waals surface area contributed by atoms with Crippen molar-refractivity contribution in [3.05, 3.63) is 29.8 Å². The number of benzene rings is 1. The summed E-state index contributed by atoms with van der Waals surface area (Å²) in [4.78, 5) is 19.5. The highest BCUT2D eigenvalue weighted by atomic mass is 16.5. The lowest BCUT2D eigenvalue weighted by Crippen LogP contribution is -2.49. The average molecular weight is 370 g/mol. The lowest BCUT2D eigenvalue weighted by Gasteiger charge is -2.46. The first-order chi connectivity index (χ1) is 13.2. The van der Waals surface area contributed by atoms with Crippen LogP contribution in [0.2, 0.25) is 0 Å². The maximum atomic E-state index is 12.8. The van der Waals surface area contributed by atoms with E-state index in [4.69, 9.17) is 10.5 Å². The van der Waals surface area contributed by atoms with Gasteiger partial charge < -0.3 is 10.5 Å². The number of rotatable bonds is 4. The fourth-order valence-corrected chi connectivity index (χ4v) is 5.32. The zero-order valence-electron chi connectivity index (χ0n) is 16.0. The molecule has 5 rings (SSSR count). The highest BCUT2D eigenvalue weighted by Gasteiger charge is 2.46. The second-order valence-corrected chi connectivity index (χ2v) is 8.69. The molecule has 1 aromatic carbocycles. The maximum Gasteiger partial charge on any atom is 0.247 e. The summed E-state index contributed by atoms with van der Waals surface area (Å²) in [5, 5.41) is 0. The van der Waals surface area contributed by atoms with Gasteiger partial charge in [-0.2, -0.15) is 0 Å². The number of nitrogens with two attached hydrogens (primary N) is 1. The van der Waals surface area contributed by atoms with Gasteiger partial charge in [0.1, 0.15) is 6.04 Å². The molecule has 1 amide bonds. The van der Waals surface area contributed by atoms with Crippen LogP contribution in [0.5, 0.6) is 0 Å². The molecule has 6 heteroatoms. The first kappa shape index (κ1) is 17.6. The van der Waals surface area contributed by atoms with Crippen LogP contribution < -0.4 is 10.6 Å². The van der Waals surface area contributed by atoms with E-state index in [2.05, 4.69) is 34.1 Å². The Bertz CT molecular complexity index is 697. The summed E-state index contributed by atoms with van der Waals surface area (Å²) < 4.78 is 5.50. The van der Waals surface area contributed by atoms with Crippen molar-refractivity contribution in [1.29, 1.82) is 0 Å². The Hall–Kier alpha value is -1.47. The first-order valence-corrected chi connectivity index (χ1v) is 10.4. The van der Waals surface area contributed by atoms with E-state index in [1.807, 2.05) is 4.90 Å². The molecule has 6 nitrogen and oxygen atoms in total. The maximum absolute atomic E-state index is 12.8. The van der Waals surface area contributed by atoms with Crippen molar-refractivity contribution >= 4 is 11.6 Å². The van der Waals surface area contributed by atoms with Crippen LogP contribution in [0.15, 0.2) is 24.3 Å². The first-order valence-electron chi connectivity index (χ1n) is 10.4. The highest BCUT2D eigenvalue weighted by Crippen LogP contribution is 2.45. The molecule has 0 bridgehead atoms. The van der Waals surface area contributed by atoms with Crippen LogP contribution in [0.3, 0.4) is 0 Å². The molecule has 1 saturated carbocycles.